The number of aryl methyl sites for hydroxylation is 2. The molecule has 0 unspecified atom stereocenters. The largest absolute Gasteiger partial charge is 0.381 e. The Hall–Kier alpha value is -7.43. The Bertz CT molecular complexity index is 2880. The van der Waals surface area contributed by atoms with Crippen molar-refractivity contribution in [3.05, 3.63) is 93.3 Å². The SMILES string of the molecule is Cc1cnnc(-c2nc(N)c(C#N)nc2-c2cc(C)c3n[nH]c(Cc4cnnc(-c5nc(N)c(C#N)nc5-c5cc(Cl)c6[nH]ncc6c5)c4C)c3c2)c1. The molecule has 0 saturated carbocycles. The summed E-state index contributed by atoms with van der Waals surface area (Å²) in [6.45, 7) is 5.74. The van der Waals surface area contributed by atoms with E-state index in [1.807, 2.05) is 57.2 Å². The first-order valence-corrected chi connectivity index (χ1v) is 16.4. The lowest BCUT2D eigenvalue weighted by Crippen LogP contribution is -2.07. The number of nitrogen functional groups attached to an aromatic ring is 2. The highest BCUT2D eigenvalue weighted by molar-refractivity contribution is 6.35. The van der Waals surface area contributed by atoms with Gasteiger partial charge in [-0.15, -0.1) is 10.2 Å². The van der Waals surface area contributed by atoms with Crippen LogP contribution in [0.15, 0.2) is 48.9 Å². The molecule has 0 fully saturated rings. The van der Waals surface area contributed by atoms with Crippen molar-refractivity contribution in [1.29, 1.82) is 10.5 Å². The maximum Gasteiger partial charge on any atom is 0.183 e. The van der Waals surface area contributed by atoms with Gasteiger partial charge in [-0.3, -0.25) is 10.2 Å². The van der Waals surface area contributed by atoms with Gasteiger partial charge in [0.25, 0.3) is 0 Å². The first-order chi connectivity index (χ1) is 25.6. The summed E-state index contributed by atoms with van der Waals surface area (Å²) in [4.78, 5) is 18.3. The number of fused-ring (bicyclic) bond motifs is 2. The number of anilines is 2. The van der Waals surface area contributed by atoms with Crippen LogP contribution in [0.4, 0.5) is 11.6 Å². The molecule has 0 aliphatic carbocycles. The quantitative estimate of drug-likeness (QED) is 0.169. The molecule has 0 saturated heterocycles. The summed E-state index contributed by atoms with van der Waals surface area (Å²) in [7, 11) is 0. The third-order valence-electron chi connectivity index (χ3n) is 8.87. The van der Waals surface area contributed by atoms with Gasteiger partial charge < -0.3 is 11.5 Å². The van der Waals surface area contributed by atoms with E-state index in [2.05, 4.69) is 60.7 Å². The summed E-state index contributed by atoms with van der Waals surface area (Å²) in [6, 6.07) is 13.3. The molecule has 0 aliphatic rings. The van der Waals surface area contributed by atoms with Crippen LogP contribution in [0.3, 0.4) is 0 Å². The Morgan fingerprint density at radius 2 is 1.43 bits per heavy atom. The molecule has 16 nitrogen and oxygen atoms in total. The average Bonchev–Trinajstić information content (AvgIpc) is 3.80. The smallest absolute Gasteiger partial charge is 0.183 e. The van der Waals surface area contributed by atoms with Crippen LogP contribution in [0.2, 0.25) is 5.02 Å². The van der Waals surface area contributed by atoms with Gasteiger partial charge >= 0.3 is 0 Å². The van der Waals surface area contributed by atoms with Crippen LogP contribution in [0, 0.1) is 43.4 Å². The zero-order chi connectivity index (χ0) is 37.0. The van der Waals surface area contributed by atoms with Crippen LogP contribution < -0.4 is 11.5 Å². The van der Waals surface area contributed by atoms with Gasteiger partial charge in [-0.2, -0.15) is 30.9 Å². The summed E-state index contributed by atoms with van der Waals surface area (Å²) in [6.07, 6.45) is 5.34. The van der Waals surface area contributed by atoms with E-state index in [4.69, 9.17) is 23.1 Å². The molecule has 17 heteroatoms. The van der Waals surface area contributed by atoms with E-state index in [9.17, 15) is 10.5 Å². The van der Waals surface area contributed by atoms with Gasteiger partial charge in [0.05, 0.1) is 40.3 Å². The highest BCUT2D eigenvalue weighted by Gasteiger charge is 2.23. The minimum atomic E-state index is -0.0442. The van der Waals surface area contributed by atoms with Gasteiger partial charge in [-0.05, 0) is 73.4 Å². The van der Waals surface area contributed by atoms with Crippen LogP contribution in [0.1, 0.15) is 39.3 Å². The minimum absolute atomic E-state index is 0.00147. The van der Waals surface area contributed by atoms with Crippen molar-refractivity contribution in [2.75, 3.05) is 11.5 Å². The standard InChI is InChI=1S/C36H25ClN16/c1-15-4-25(49-42-12-15)33-31(45-26(10-38)35(40)47-33)18-5-16(2)28-22(7-18)24(50-53-28)9-20-13-43-51-29(17(20)3)34-32(46-27(11-39)36(41)48-34)19-6-21-14-44-52-30(21)23(37)8-19/h4-8,12-14H,9H2,1-3H3,(H2,40,47)(H2,41,48)(H,44,52)(H,50,53). The Kier molecular flexibility index (Phi) is 7.86. The minimum Gasteiger partial charge on any atom is -0.381 e. The molecule has 6 N–H and O–H groups in total. The molecule has 0 amide bonds. The van der Waals surface area contributed by atoms with E-state index in [0.717, 1.165) is 44.2 Å². The van der Waals surface area contributed by atoms with Crippen LogP contribution in [-0.4, -0.2) is 60.7 Å². The molecule has 256 valence electrons. The number of hydrogen-bond acceptors (Lipinski definition) is 14. The monoisotopic (exact) mass is 716 g/mol. The number of nitriles is 2. The fourth-order valence-corrected chi connectivity index (χ4v) is 6.49. The highest BCUT2D eigenvalue weighted by Crippen LogP contribution is 2.37. The Balaban J connectivity index is 1.24. The number of hydrogen-bond donors (Lipinski definition) is 4. The molecule has 0 spiro atoms. The van der Waals surface area contributed by atoms with Crippen molar-refractivity contribution in [1.82, 2.24) is 60.7 Å². The number of nitrogens with two attached hydrogens (primary N) is 2. The number of aromatic nitrogens is 12. The zero-order valence-corrected chi connectivity index (χ0v) is 29.0. The Morgan fingerprint density at radius 1 is 0.736 bits per heavy atom. The van der Waals surface area contributed by atoms with Crippen LogP contribution in [0.5, 0.6) is 0 Å². The maximum atomic E-state index is 9.77. The number of nitrogens with one attached hydrogen (secondary N) is 2. The van der Waals surface area contributed by atoms with Crippen molar-refractivity contribution in [3.63, 3.8) is 0 Å². The second-order valence-electron chi connectivity index (χ2n) is 12.4. The molecule has 0 atom stereocenters. The highest BCUT2D eigenvalue weighted by atomic mass is 35.5. The topological polar surface area (TPSA) is 260 Å². The fraction of sp³-hybridized carbons (Fsp3) is 0.111. The third kappa shape index (κ3) is 5.65. The molecule has 2 aromatic carbocycles. The zero-order valence-electron chi connectivity index (χ0n) is 28.2. The summed E-state index contributed by atoms with van der Waals surface area (Å²) in [5, 5.41) is 53.5. The van der Waals surface area contributed by atoms with Gasteiger partial charge in [-0.25, -0.2) is 19.9 Å². The van der Waals surface area contributed by atoms with Gasteiger partial charge in [0.2, 0.25) is 0 Å². The summed E-state index contributed by atoms with van der Waals surface area (Å²) < 4.78 is 0. The average molecular weight is 717 g/mol. The van der Waals surface area contributed by atoms with E-state index < -0.39 is 0 Å². The molecule has 0 radical (unpaired) electrons. The predicted molar refractivity (Wildman–Crippen MR) is 197 cm³/mol. The lowest BCUT2D eigenvalue weighted by atomic mass is 9.97. The second-order valence-corrected chi connectivity index (χ2v) is 12.8. The molecule has 8 rings (SSSR count). The van der Waals surface area contributed by atoms with Gasteiger partial charge in [-0.1, -0.05) is 11.6 Å². The number of rotatable bonds is 6. The molecular formula is C36H25ClN16. The van der Waals surface area contributed by atoms with E-state index in [0.29, 0.717) is 62.3 Å². The van der Waals surface area contributed by atoms with Crippen LogP contribution in [-0.2, 0) is 6.42 Å². The molecule has 6 aromatic heterocycles. The normalized spacial score (nSPS) is 11.2. The van der Waals surface area contributed by atoms with E-state index in [-0.39, 0.29) is 23.0 Å². The van der Waals surface area contributed by atoms with E-state index in [1.165, 1.54) is 0 Å². The summed E-state index contributed by atoms with van der Waals surface area (Å²) in [5.41, 5.74) is 21.5. The van der Waals surface area contributed by atoms with Crippen molar-refractivity contribution in [2.24, 2.45) is 0 Å². The molecule has 6 heterocycles. The second kappa shape index (κ2) is 12.7. The lowest BCUT2D eigenvalue weighted by Gasteiger charge is -2.14. The van der Waals surface area contributed by atoms with E-state index in [1.54, 1.807) is 24.7 Å². The van der Waals surface area contributed by atoms with Crippen LogP contribution >= 0.6 is 11.6 Å². The number of benzene rings is 2. The van der Waals surface area contributed by atoms with E-state index >= 15 is 0 Å². The third-order valence-corrected chi connectivity index (χ3v) is 9.16. The molecule has 0 bridgehead atoms. The van der Waals surface area contributed by atoms with Crippen molar-refractivity contribution in [3.8, 4) is 57.4 Å². The molecule has 0 aliphatic heterocycles. The number of halogens is 1. The number of H-pyrrole nitrogens is 2. The maximum absolute atomic E-state index is 9.77. The first kappa shape index (κ1) is 32.8. The molecule has 8 aromatic rings. The summed E-state index contributed by atoms with van der Waals surface area (Å²) >= 11 is 6.59. The van der Waals surface area contributed by atoms with Crippen molar-refractivity contribution >= 4 is 45.0 Å². The Morgan fingerprint density at radius 3 is 2.17 bits per heavy atom. The van der Waals surface area contributed by atoms with Gasteiger partial charge in [0.15, 0.2) is 23.0 Å². The predicted octanol–water partition coefficient (Wildman–Crippen LogP) is 5.34. The summed E-state index contributed by atoms with van der Waals surface area (Å²) in [5.74, 6) is -0.0490. The fourth-order valence-electron chi connectivity index (χ4n) is 6.22. The number of nitrogens with zero attached hydrogens (tertiary/aromatic N) is 12. The lowest BCUT2D eigenvalue weighted by molar-refractivity contribution is 0.947. The molecule has 53 heavy (non-hydrogen) atoms. The van der Waals surface area contributed by atoms with Crippen molar-refractivity contribution < 1.29 is 0 Å². The molecular weight excluding hydrogens is 692 g/mol. The van der Waals surface area contributed by atoms with Gasteiger partial charge in [0, 0.05) is 34.0 Å². The van der Waals surface area contributed by atoms with Gasteiger partial charge in [0.1, 0.15) is 40.6 Å². The number of aromatic amines is 2. The van der Waals surface area contributed by atoms with Crippen LogP contribution in [0.25, 0.3) is 67.1 Å². The first-order valence-electron chi connectivity index (χ1n) is 16.0. The Labute approximate surface area is 305 Å². The van der Waals surface area contributed by atoms with Crippen molar-refractivity contribution in [2.45, 2.75) is 27.2 Å².